The maximum Gasteiger partial charge on any atom is 0.264 e. The molecule has 1 atom stereocenters. The summed E-state index contributed by atoms with van der Waals surface area (Å²) in [4.78, 5) is 29.2. The number of nitrogens with one attached hydrogen (secondary N) is 1. The van der Waals surface area contributed by atoms with Crippen LogP contribution in [0.15, 0.2) is 108 Å². The van der Waals surface area contributed by atoms with Crippen LogP contribution in [0.5, 0.6) is 5.75 Å². The van der Waals surface area contributed by atoms with Gasteiger partial charge in [0.25, 0.3) is 10.0 Å². The molecule has 45 heavy (non-hydrogen) atoms. The normalized spacial score (nSPS) is 11.8. The first-order chi connectivity index (χ1) is 21.6. The van der Waals surface area contributed by atoms with Gasteiger partial charge in [0.1, 0.15) is 24.2 Å². The molecule has 0 spiro atoms. The minimum absolute atomic E-state index is 0.0195. The molecule has 236 valence electrons. The Kier molecular flexibility index (Phi) is 11.6. The maximum atomic E-state index is 14.4. The number of nitrogens with zero attached hydrogens (tertiary/aromatic N) is 2. The topological polar surface area (TPSA) is 96.0 Å². The molecule has 0 aliphatic rings. The van der Waals surface area contributed by atoms with Crippen LogP contribution in [-0.2, 0) is 32.6 Å². The van der Waals surface area contributed by atoms with E-state index in [9.17, 15) is 22.4 Å². The maximum absolute atomic E-state index is 14.4. The summed E-state index contributed by atoms with van der Waals surface area (Å²) >= 11 is 6.26. The molecule has 4 aromatic carbocycles. The smallest absolute Gasteiger partial charge is 0.264 e. The molecule has 2 amide bonds. The van der Waals surface area contributed by atoms with Crippen LogP contribution in [0.3, 0.4) is 0 Å². The molecular weight excluding hydrogens is 617 g/mol. The van der Waals surface area contributed by atoms with Crippen molar-refractivity contribution in [3.8, 4) is 5.75 Å². The van der Waals surface area contributed by atoms with E-state index in [1.807, 2.05) is 37.3 Å². The molecular formula is C34H35ClFN3O5S. The summed E-state index contributed by atoms with van der Waals surface area (Å²) in [5.74, 6) is -1.11. The number of anilines is 1. The third kappa shape index (κ3) is 8.83. The minimum atomic E-state index is -4.34. The van der Waals surface area contributed by atoms with Gasteiger partial charge in [-0.2, -0.15) is 0 Å². The van der Waals surface area contributed by atoms with Gasteiger partial charge in [0, 0.05) is 24.5 Å². The van der Waals surface area contributed by atoms with Gasteiger partial charge in [-0.15, -0.1) is 0 Å². The fraction of sp³-hybridized carbons (Fsp3) is 0.235. The van der Waals surface area contributed by atoms with Gasteiger partial charge in [-0.05, 0) is 85.6 Å². The first-order valence-electron chi connectivity index (χ1n) is 14.5. The fourth-order valence-corrected chi connectivity index (χ4v) is 6.44. The standard InChI is InChI=1S/C34H35ClFN3O5S/c1-3-37-34(41)32(22-25-9-6-5-7-10-25)38(23-26-11-8-12-27(35)21-26)33(40)24-39(29-15-13-28(36)14-16-29)45(42,43)31-19-17-30(18-20-31)44-4-2/h5-21,32H,3-4,22-24H2,1-2H3,(H,37,41)/t32-/m1/s1. The quantitative estimate of drug-likeness (QED) is 0.185. The summed E-state index contributed by atoms with van der Waals surface area (Å²) in [6.45, 7) is 3.65. The predicted molar refractivity (Wildman–Crippen MR) is 173 cm³/mol. The van der Waals surface area contributed by atoms with Crippen LogP contribution in [0.4, 0.5) is 10.1 Å². The summed E-state index contributed by atoms with van der Waals surface area (Å²) in [5.41, 5.74) is 1.55. The van der Waals surface area contributed by atoms with Crippen LogP contribution in [0.25, 0.3) is 0 Å². The van der Waals surface area contributed by atoms with Crippen molar-refractivity contribution >= 4 is 39.1 Å². The lowest BCUT2D eigenvalue weighted by atomic mass is 10.0. The molecule has 0 radical (unpaired) electrons. The Labute approximate surface area is 268 Å². The van der Waals surface area contributed by atoms with Crippen LogP contribution in [-0.4, -0.2) is 50.9 Å². The molecule has 0 aliphatic heterocycles. The Morgan fingerprint density at radius 2 is 1.56 bits per heavy atom. The van der Waals surface area contributed by atoms with E-state index in [2.05, 4.69) is 5.32 Å². The first-order valence-corrected chi connectivity index (χ1v) is 16.3. The number of rotatable bonds is 14. The van der Waals surface area contributed by atoms with Crippen molar-refractivity contribution < 1.29 is 27.1 Å². The van der Waals surface area contributed by atoms with Gasteiger partial charge in [-0.1, -0.05) is 54.1 Å². The second-order valence-corrected chi connectivity index (χ2v) is 12.4. The van der Waals surface area contributed by atoms with Crippen molar-refractivity contribution in [3.05, 3.63) is 125 Å². The summed E-state index contributed by atoms with van der Waals surface area (Å²) < 4.78 is 48.4. The van der Waals surface area contributed by atoms with Gasteiger partial charge < -0.3 is 15.0 Å². The van der Waals surface area contributed by atoms with Crippen LogP contribution in [0.2, 0.25) is 5.02 Å². The summed E-state index contributed by atoms with van der Waals surface area (Å²) in [6.07, 6.45) is 0.182. The SMILES string of the molecule is CCNC(=O)[C@@H](Cc1ccccc1)N(Cc1cccc(Cl)c1)C(=O)CN(c1ccc(F)cc1)S(=O)(=O)c1ccc(OCC)cc1. The zero-order valence-corrected chi connectivity index (χ0v) is 26.6. The van der Waals surface area contributed by atoms with Gasteiger partial charge in [-0.3, -0.25) is 13.9 Å². The fourth-order valence-electron chi connectivity index (χ4n) is 4.82. The van der Waals surface area contributed by atoms with E-state index in [1.54, 1.807) is 31.2 Å². The number of carbonyl (C=O) groups is 2. The third-order valence-electron chi connectivity index (χ3n) is 6.98. The highest BCUT2D eigenvalue weighted by Crippen LogP contribution is 2.27. The van der Waals surface area contributed by atoms with Gasteiger partial charge in [-0.25, -0.2) is 12.8 Å². The molecule has 0 unspecified atom stereocenters. The second-order valence-electron chi connectivity index (χ2n) is 10.1. The summed E-state index contributed by atoms with van der Waals surface area (Å²) in [6, 6.07) is 25.8. The van der Waals surface area contributed by atoms with Crippen molar-refractivity contribution in [2.75, 3.05) is 24.0 Å². The highest BCUT2D eigenvalue weighted by atomic mass is 35.5. The van der Waals surface area contributed by atoms with E-state index >= 15 is 0 Å². The molecule has 11 heteroatoms. The van der Waals surface area contributed by atoms with Gasteiger partial charge in [0.05, 0.1) is 17.2 Å². The van der Waals surface area contributed by atoms with E-state index in [1.165, 1.54) is 41.3 Å². The summed E-state index contributed by atoms with van der Waals surface area (Å²) in [7, 11) is -4.34. The number of benzene rings is 4. The lowest BCUT2D eigenvalue weighted by molar-refractivity contribution is -0.140. The number of hydrogen-bond donors (Lipinski definition) is 1. The van der Waals surface area contributed by atoms with E-state index in [0.29, 0.717) is 29.5 Å². The van der Waals surface area contributed by atoms with E-state index < -0.39 is 34.3 Å². The molecule has 0 aromatic heterocycles. The number of sulfonamides is 1. The molecule has 0 aliphatic carbocycles. The van der Waals surface area contributed by atoms with Gasteiger partial charge in [0.15, 0.2) is 0 Å². The van der Waals surface area contributed by atoms with Gasteiger partial charge in [0.2, 0.25) is 11.8 Å². The van der Waals surface area contributed by atoms with Crippen molar-refractivity contribution in [1.29, 1.82) is 0 Å². The molecule has 1 N–H and O–H groups in total. The molecule has 8 nitrogen and oxygen atoms in total. The number of halogens is 2. The van der Waals surface area contributed by atoms with Crippen LogP contribution in [0.1, 0.15) is 25.0 Å². The lowest BCUT2D eigenvalue weighted by Gasteiger charge is -2.34. The monoisotopic (exact) mass is 651 g/mol. The Morgan fingerprint density at radius 3 is 2.18 bits per heavy atom. The highest BCUT2D eigenvalue weighted by Gasteiger charge is 2.34. The average molecular weight is 652 g/mol. The Bertz CT molecular complexity index is 1690. The molecule has 0 saturated carbocycles. The minimum Gasteiger partial charge on any atom is -0.494 e. The average Bonchev–Trinajstić information content (AvgIpc) is 3.03. The second kappa shape index (κ2) is 15.5. The van der Waals surface area contributed by atoms with Gasteiger partial charge >= 0.3 is 0 Å². The Hall–Kier alpha value is -4.41. The molecule has 0 saturated heterocycles. The van der Waals surface area contributed by atoms with E-state index in [0.717, 1.165) is 22.0 Å². The molecule has 4 rings (SSSR count). The largest absolute Gasteiger partial charge is 0.494 e. The third-order valence-corrected chi connectivity index (χ3v) is 9.00. The zero-order valence-electron chi connectivity index (χ0n) is 25.0. The van der Waals surface area contributed by atoms with Crippen molar-refractivity contribution in [2.45, 2.75) is 37.8 Å². The molecule has 0 fully saturated rings. The van der Waals surface area contributed by atoms with Crippen molar-refractivity contribution in [2.24, 2.45) is 0 Å². The number of likely N-dealkylation sites (N-methyl/N-ethyl adjacent to an activating group) is 1. The molecule has 0 bridgehead atoms. The predicted octanol–water partition coefficient (Wildman–Crippen LogP) is 5.85. The number of hydrogen-bond acceptors (Lipinski definition) is 5. The Balaban J connectivity index is 1.78. The highest BCUT2D eigenvalue weighted by molar-refractivity contribution is 7.92. The lowest BCUT2D eigenvalue weighted by Crippen LogP contribution is -2.53. The molecule has 4 aromatic rings. The van der Waals surface area contributed by atoms with Crippen LogP contribution in [0, 0.1) is 5.82 Å². The van der Waals surface area contributed by atoms with Crippen molar-refractivity contribution in [3.63, 3.8) is 0 Å². The van der Waals surface area contributed by atoms with Crippen molar-refractivity contribution in [1.82, 2.24) is 10.2 Å². The zero-order chi connectivity index (χ0) is 32.4. The number of amides is 2. The number of carbonyl (C=O) groups excluding carboxylic acids is 2. The van der Waals surface area contributed by atoms with Crippen LogP contribution < -0.4 is 14.4 Å². The first kappa shape index (κ1) is 33.5. The summed E-state index contributed by atoms with van der Waals surface area (Å²) in [5, 5.41) is 3.26. The van der Waals surface area contributed by atoms with Crippen LogP contribution >= 0.6 is 11.6 Å². The van der Waals surface area contributed by atoms with E-state index in [-0.39, 0.29) is 29.5 Å². The Morgan fingerprint density at radius 1 is 0.889 bits per heavy atom. The number of ether oxygens (including phenoxy) is 1. The molecule has 0 heterocycles. The van der Waals surface area contributed by atoms with E-state index in [4.69, 9.17) is 16.3 Å².